The summed E-state index contributed by atoms with van der Waals surface area (Å²) in [6.45, 7) is 7.27. The van der Waals surface area contributed by atoms with E-state index >= 15 is 0 Å². The summed E-state index contributed by atoms with van der Waals surface area (Å²) in [5.41, 5.74) is 0.442. The third-order valence-electron chi connectivity index (χ3n) is 5.82. The highest BCUT2D eigenvalue weighted by molar-refractivity contribution is 7.90. The highest BCUT2D eigenvalue weighted by Crippen LogP contribution is 2.30. The molecule has 9 nitrogen and oxygen atoms in total. The van der Waals surface area contributed by atoms with Gasteiger partial charge in [0.1, 0.15) is 16.7 Å². The lowest BCUT2D eigenvalue weighted by molar-refractivity contribution is -0.141. The first kappa shape index (κ1) is 27.2. The fourth-order valence-corrected chi connectivity index (χ4v) is 5.60. The Morgan fingerprint density at radius 1 is 1.11 bits per heavy atom. The molecule has 3 rings (SSSR count). The molecular formula is C26H33N3O6S. The minimum atomic E-state index is -3.94. The van der Waals surface area contributed by atoms with Crippen LogP contribution in [-0.4, -0.2) is 60.6 Å². The predicted octanol–water partition coefficient (Wildman–Crippen LogP) is 2.95. The van der Waals surface area contributed by atoms with Gasteiger partial charge in [0, 0.05) is 25.0 Å². The molecule has 0 radical (unpaired) electrons. The Labute approximate surface area is 212 Å². The summed E-state index contributed by atoms with van der Waals surface area (Å²) >= 11 is 0. The van der Waals surface area contributed by atoms with Crippen molar-refractivity contribution >= 4 is 27.7 Å². The Hall–Kier alpha value is -3.40. The van der Waals surface area contributed by atoms with E-state index < -0.39 is 27.5 Å². The molecule has 0 bridgehead atoms. The van der Waals surface area contributed by atoms with Crippen LogP contribution in [0.25, 0.3) is 0 Å². The minimum absolute atomic E-state index is 0.0200. The molecule has 1 aliphatic heterocycles. The van der Waals surface area contributed by atoms with Crippen LogP contribution < -0.4 is 10.1 Å². The van der Waals surface area contributed by atoms with E-state index in [4.69, 9.17) is 4.74 Å². The Morgan fingerprint density at radius 2 is 1.81 bits per heavy atom. The first-order valence-electron chi connectivity index (χ1n) is 11.8. The lowest BCUT2D eigenvalue weighted by atomic mass is 10.1. The van der Waals surface area contributed by atoms with E-state index in [1.54, 1.807) is 44.4 Å². The molecule has 0 spiro atoms. The summed E-state index contributed by atoms with van der Waals surface area (Å²) < 4.78 is 31.6. The van der Waals surface area contributed by atoms with Crippen LogP contribution in [0.3, 0.4) is 0 Å². The highest BCUT2D eigenvalue weighted by atomic mass is 32.2. The maximum absolute atomic E-state index is 13.3. The molecule has 1 atom stereocenters. The second-order valence-electron chi connectivity index (χ2n) is 9.77. The third kappa shape index (κ3) is 6.04. The van der Waals surface area contributed by atoms with Crippen LogP contribution in [0.15, 0.2) is 53.4 Å². The fourth-order valence-electron chi connectivity index (χ4n) is 3.99. The number of rotatable bonds is 9. The molecule has 0 aromatic heterocycles. The largest absolute Gasteiger partial charge is 0.497 e. The van der Waals surface area contributed by atoms with Gasteiger partial charge in [0.15, 0.2) is 0 Å². The van der Waals surface area contributed by atoms with Crippen molar-refractivity contribution < 1.29 is 27.5 Å². The second kappa shape index (κ2) is 10.7. The molecule has 1 aliphatic rings. The maximum atomic E-state index is 13.3. The van der Waals surface area contributed by atoms with Crippen molar-refractivity contribution in [3.8, 4) is 5.75 Å². The number of ether oxygens (including phenoxy) is 1. The van der Waals surface area contributed by atoms with E-state index in [1.807, 2.05) is 26.8 Å². The molecule has 0 unspecified atom stereocenters. The van der Waals surface area contributed by atoms with Gasteiger partial charge in [-0.1, -0.05) is 24.3 Å². The smallest absolute Gasteiger partial charge is 0.269 e. The summed E-state index contributed by atoms with van der Waals surface area (Å²) in [6, 6.07) is 12.5. The SMILES string of the molecule is COc1cccc(CN(C(=O)CCCN2C(=O)c3ccccc3S2(=O)=O)[C@H](C)C(=O)NC(C)(C)C)c1. The lowest BCUT2D eigenvalue weighted by Crippen LogP contribution is -2.52. The van der Waals surface area contributed by atoms with Crippen LogP contribution in [0.2, 0.25) is 0 Å². The Bertz CT molecular complexity index is 1250. The number of carbonyl (C=O) groups excluding carboxylic acids is 3. The number of carbonyl (C=O) groups is 3. The number of benzene rings is 2. The highest BCUT2D eigenvalue weighted by Gasteiger charge is 2.40. The van der Waals surface area contributed by atoms with Crippen LogP contribution in [0.4, 0.5) is 0 Å². The number of hydrogen-bond acceptors (Lipinski definition) is 6. The standard InChI is InChI=1S/C26H33N3O6S/c1-18(24(31)27-26(2,3)4)28(17-19-10-8-11-20(16-19)35-5)23(30)14-9-15-29-25(32)21-12-6-7-13-22(21)36(29,33)34/h6-8,10-13,16,18H,9,14-15,17H2,1-5H3,(H,27,31)/t18-/m1/s1. The van der Waals surface area contributed by atoms with Crippen LogP contribution in [-0.2, 0) is 26.2 Å². The molecule has 194 valence electrons. The van der Waals surface area contributed by atoms with E-state index in [0.29, 0.717) is 5.75 Å². The van der Waals surface area contributed by atoms with Gasteiger partial charge in [-0.2, -0.15) is 0 Å². The molecule has 36 heavy (non-hydrogen) atoms. The number of nitrogens with zero attached hydrogens (tertiary/aromatic N) is 2. The van der Waals surface area contributed by atoms with Gasteiger partial charge in [0.2, 0.25) is 11.8 Å². The number of nitrogens with one attached hydrogen (secondary N) is 1. The average molecular weight is 516 g/mol. The van der Waals surface area contributed by atoms with Gasteiger partial charge < -0.3 is 15.0 Å². The quantitative estimate of drug-likeness (QED) is 0.549. The van der Waals surface area contributed by atoms with Crippen molar-refractivity contribution in [1.29, 1.82) is 0 Å². The first-order valence-corrected chi connectivity index (χ1v) is 13.2. The van der Waals surface area contributed by atoms with Crippen molar-refractivity contribution in [3.05, 3.63) is 59.7 Å². The topological polar surface area (TPSA) is 113 Å². The van der Waals surface area contributed by atoms with Crippen molar-refractivity contribution in [1.82, 2.24) is 14.5 Å². The Morgan fingerprint density at radius 3 is 2.44 bits per heavy atom. The second-order valence-corrected chi connectivity index (χ2v) is 11.6. The van der Waals surface area contributed by atoms with Crippen LogP contribution in [0, 0.1) is 0 Å². The number of methoxy groups -OCH3 is 1. The fraction of sp³-hybridized carbons (Fsp3) is 0.423. The summed E-state index contributed by atoms with van der Waals surface area (Å²) in [7, 11) is -2.39. The zero-order chi connectivity index (χ0) is 26.7. The molecule has 0 fully saturated rings. The Kier molecular flexibility index (Phi) is 8.08. The summed E-state index contributed by atoms with van der Waals surface area (Å²) in [5.74, 6) is -0.587. The molecule has 2 aromatic carbocycles. The summed E-state index contributed by atoms with van der Waals surface area (Å²) in [4.78, 5) is 40.3. The third-order valence-corrected chi connectivity index (χ3v) is 7.66. The van der Waals surface area contributed by atoms with Crippen LogP contribution >= 0.6 is 0 Å². The molecule has 10 heteroatoms. The van der Waals surface area contributed by atoms with Gasteiger partial charge in [-0.3, -0.25) is 14.4 Å². The van der Waals surface area contributed by atoms with Gasteiger partial charge in [0.25, 0.3) is 15.9 Å². The molecular weight excluding hydrogens is 482 g/mol. The molecule has 0 aliphatic carbocycles. The van der Waals surface area contributed by atoms with Gasteiger partial charge in [-0.05, 0) is 63.9 Å². The molecule has 0 saturated carbocycles. The number of hydrogen-bond donors (Lipinski definition) is 1. The van der Waals surface area contributed by atoms with Gasteiger partial charge >= 0.3 is 0 Å². The van der Waals surface area contributed by atoms with Gasteiger partial charge in [-0.25, -0.2) is 12.7 Å². The van der Waals surface area contributed by atoms with Crippen molar-refractivity contribution in [2.24, 2.45) is 0 Å². The summed E-state index contributed by atoms with van der Waals surface area (Å²) in [6.07, 6.45) is 0.0900. The molecule has 0 saturated heterocycles. The van der Waals surface area contributed by atoms with E-state index in [0.717, 1.165) is 9.87 Å². The zero-order valence-electron chi connectivity index (χ0n) is 21.3. The number of fused-ring (bicyclic) bond motifs is 1. The normalized spacial score (nSPS) is 15.2. The monoisotopic (exact) mass is 515 g/mol. The van der Waals surface area contributed by atoms with Gasteiger partial charge in [-0.15, -0.1) is 0 Å². The first-order chi connectivity index (χ1) is 16.8. The number of sulfonamides is 1. The van der Waals surface area contributed by atoms with Gasteiger partial charge in [0.05, 0.1) is 12.7 Å². The van der Waals surface area contributed by atoms with Crippen molar-refractivity contribution in [2.75, 3.05) is 13.7 Å². The van der Waals surface area contributed by atoms with E-state index in [9.17, 15) is 22.8 Å². The average Bonchev–Trinajstić information content (AvgIpc) is 3.01. The molecule has 1 heterocycles. The number of amides is 3. The predicted molar refractivity (Wildman–Crippen MR) is 135 cm³/mol. The van der Waals surface area contributed by atoms with Crippen molar-refractivity contribution in [3.63, 3.8) is 0 Å². The van der Waals surface area contributed by atoms with Crippen LogP contribution in [0.5, 0.6) is 5.75 Å². The molecule has 3 amide bonds. The zero-order valence-corrected chi connectivity index (χ0v) is 22.1. The van der Waals surface area contributed by atoms with Crippen LogP contribution in [0.1, 0.15) is 56.5 Å². The molecule has 2 aromatic rings. The minimum Gasteiger partial charge on any atom is -0.497 e. The summed E-state index contributed by atoms with van der Waals surface area (Å²) in [5, 5.41) is 2.90. The Balaban J connectivity index is 1.74. The van der Waals surface area contributed by atoms with Crippen molar-refractivity contribution in [2.45, 2.75) is 63.6 Å². The van der Waals surface area contributed by atoms with E-state index in [-0.39, 0.29) is 48.2 Å². The van der Waals surface area contributed by atoms with E-state index in [2.05, 4.69) is 5.32 Å². The lowest BCUT2D eigenvalue weighted by Gasteiger charge is -2.31. The van der Waals surface area contributed by atoms with E-state index in [1.165, 1.54) is 17.0 Å². The molecule has 1 N–H and O–H groups in total. The maximum Gasteiger partial charge on any atom is 0.269 e.